The maximum Gasteiger partial charge on any atom is 0.435 e. The zero-order valence-corrected chi connectivity index (χ0v) is 17.6. The van der Waals surface area contributed by atoms with Crippen molar-refractivity contribution in [1.82, 2.24) is 20.0 Å². The van der Waals surface area contributed by atoms with Gasteiger partial charge in [0.1, 0.15) is 6.54 Å². The van der Waals surface area contributed by atoms with Gasteiger partial charge in [0, 0.05) is 18.3 Å². The summed E-state index contributed by atoms with van der Waals surface area (Å²) in [5, 5.41) is 6.40. The first kappa shape index (κ1) is 24.5. The van der Waals surface area contributed by atoms with Gasteiger partial charge in [0.05, 0.1) is 0 Å². The Bertz CT molecular complexity index is 576. The van der Waals surface area contributed by atoms with Crippen molar-refractivity contribution in [2.24, 2.45) is 0 Å². The molecule has 0 fully saturated rings. The average molecular weight is 405 g/mol. The summed E-state index contributed by atoms with van der Waals surface area (Å²) in [4.78, 5) is 14.6. The van der Waals surface area contributed by atoms with E-state index in [1.165, 1.54) is 19.8 Å². The highest BCUT2D eigenvalue weighted by molar-refractivity contribution is 5.76. The largest absolute Gasteiger partial charge is 0.435 e. The highest BCUT2D eigenvalue weighted by Gasteiger charge is 2.34. The topological polar surface area (TPSA) is 50.2 Å². The molecule has 1 rings (SSSR count). The summed E-state index contributed by atoms with van der Waals surface area (Å²) >= 11 is 0. The fourth-order valence-corrected chi connectivity index (χ4v) is 3.16. The van der Waals surface area contributed by atoms with Gasteiger partial charge in [-0.05, 0) is 45.8 Å². The number of hydrogen-bond donors (Lipinski definition) is 1. The van der Waals surface area contributed by atoms with Crippen LogP contribution < -0.4 is 5.32 Å². The van der Waals surface area contributed by atoms with Crippen LogP contribution >= 0.6 is 0 Å². The third kappa shape index (κ3) is 9.08. The van der Waals surface area contributed by atoms with Crippen molar-refractivity contribution in [3.05, 3.63) is 17.5 Å². The maximum atomic E-state index is 12.7. The number of alkyl halides is 3. The van der Waals surface area contributed by atoms with E-state index < -0.39 is 11.9 Å². The molecule has 28 heavy (non-hydrogen) atoms. The van der Waals surface area contributed by atoms with Crippen LogP contribution in [0.25, 0.3) is 0 Å². The van der Waals surface area contributed by atoms with Crippen LogP contribution in [-0.2, 0) is 17.5 Å². The summed E-state index contributed by atoms with van der Waals surface area (Å²) in [5.74, 6) is -0.325. The van der Waals surface area contributed by atoms with Crippen molar-refractivity contribution in [2.45, 2.75) is 85.0 Å². The number of aryl methyl sites for hydroxylation is 1. The fourth-order valence-electron chi connectivity index (χ4n) is 3.16. The SMILES string of the molecule is CCCCCN(CCCCC)CC(C)NC(=O)Cn1nc(C(F)(F)F)cc1C. The second kappa shape index (κ2) is 12.1. The number of amides is 1. The highest BCUT2D eigenvalue weighted by atomic mass is 19.4. The van der Waals surface area contributed by atoms with Crippen molar-refractivity contribution in [1.29, 1.82) is 0 Å². The molecule has 0 saturated heterocycles. The number of rotatable bonds is 13. The summed E-state index contributed by atoms with van der Waals surface area (Å²) in [6.07, 6.45) is 2.47. The first-order chi connectivity index (χ1) is 13.2. The Morgan fingerprint density at radius 3 is 2.21 bits per heavy atom. The van der Waals surface area contributed by atoms with E-state index in [1.54, 1.807) is 0 Å². The fraction of sp³-hybridized carbons (Fsp3) is 0.800. The van der Waals surface area contributed by atoms with Crippen LogP contribution in [0.4, 0.5) is 13.2 Å². The van der Waals surface area contributed by atoms with E-state index in [2.05, 4.69) is 29.2 Å². The lowest BCUT2D eigenvalue weighted by Gasteiger charge is -2.26. The van der Waals surface area contributed by atoms with Crippen molar-refractivity contribution in [2.75, 3.05) is 19.6 Å². The number of aromatic nitrogens is 2. The molecule has 0 radical (unpaired) electrons. The molecule has 8 heteroatoms. The molecule has 1 N–H and O–H groups in total. The predicted molar refractivity (Wildman–Crippen MR) is 105 cm³/mol. The molecule has 0 aliphatic heterocycles. The van der Waals surface area contributed by atoms with E-state index in [9.17, 15) is 18.0 Å². The Hall–Kier alpha value is -1.57. The number of carbonyl (C=O) groups is 1. The van der Waals surface area contributed by atoms with Crippen molar-refractivity contribution in [3.63, 3.8) is 0 Å². The minimum atomic E-state index is -4.50. The Labute approximate surface area is 166 Å². The van der Waals surface area contributed by atoms with Crippen LogP contribution in [0.2, 0.25) is 0 Å². The van der Waals surface area contributed by atoms with Gasteiger partial charge in [-0.15, -0.1) is 0 Å². The smallest absolute Gasteiger partial charge is 0.351 e. The lowest BCUT2D eigenvalue weighted by atomic mass is 10.2. The molecule has 0 bridgehead atoms. The maximum absolute atomic E-state index is 12.7. The monoisotopic (exact) mass is 404 g/mol. The van der Waals surface area contributed by atoms with Crippen molar-refractivity contribution >= 4 is 5.91 Å². The van der Waals surface area contributed by atoms with E-state index in [1.807, 2.05) is 6.92 Å². The molecular weight excluding hydrogens is 369 g/mol. The second-order valence-electron chi connectivity index (χ2n) is 7.51. The minimum Gasteiger partial charge on any atom is -0.351 e. The van der Waals surface area contributed by atoms with Gasteiger partial charge in [-0.3, -0.25) is 9.48 Å². The molecule has 0 aliphatic rings. The number of nitrogens with zero attached hydrogens (tertiary/aromatic N) is 3. The number of halogens is 3. The standard InChI is InChI=1S/C20H35F3N4O/c1-5-7-9-11-26(12-10-8-6-2)14-16(3)24-19(28)15-27-17(4)13-18(25-27)20(21,22)23/h13,16H,5-12,14-15H2,1-4H3,(H,24,28). The van der Waals surface area contributed by atoms with Gasteiger partial charge in [-0.2, -0.15) is 18.3 Å². The van der Waals surface area contributed by atoms with Gasteiger partial charge >= 0.3 is 6.18 Å². The number of carbonyl (C=O) groups excluding carboxylic acids is 1. The summed E-state index contributed by atoms with van der Waals surface area (Å²) in [6.45, 7) is 10.3. The third-order valence-electron chi connectivity index (χ3n) is 4.66. The summed E-state index contributed by atoms with van der Waals surface area (Å²) in [6, 6.07) is 0.883. The highest BCUT2D eigenvalue weighted by Crippen LogP contribution is 2.28. The van der Waals surface area contributed by atoms with E-state index in [0.717, 1.165) is 56.1 Å². The van der Waals surface area contributed by atoms with Gasteiger partial charge in [0.15, 0.2) is 5.69 Å². The van der Waals surface area contributed by atoms with E-state index in [4.69, 9.17) is 0 Å². The summed E-state index contributed by atoms with van der Waals surface area (Å²) in [7, 11) is 0. The van der Waals surface area contributed by atoms with E-state index >= 15 is 0 Å². The number of nitrogens with one attached hydrogen (secondary N) is 1. The van der Waals surface area contributed by atoms with Crippen LogP contribution in [0.3, 0.4) is 0 Å². The molecule has 1 aromatic heterocycles. The Kier molecular flexibility index (Phi) is 10.6. The van der Waals surface area contributed by atoms with Gasteiger partial charge in [-0.25, -0.2) is 0 Å². The number of unbranched alkanes of at least 4 members (excludes halogenated alkanes) is 4. The summed E-state index contributed by atoms with van der Waals surface area (Å²) < 4.78 is 39.3. The average Bonchev–Trinajstić information content (AvgIpc) is 2.96. The quantitative estimate of drug-likeness (QED) is 0.496. The zero-order chi connectivity index (χ0) is 21.2. The Morgan fingerprint density at radius 2 is 1.75 bits per heavy atom. The molecule has 1 amide bonds. The van der Waals surface area contributed by atoms with Gasteiger partial charge < -0.3 is 10.2 Å². The molecule has 0 aliphatic carbocycles. The molecule has 1 atom stereocenters. The Balaban J connectivity index is 2.55. The van der Waals surface area contributed by atoms with Gasteiger partial charge in [-0.1, -0.05) is 39.5 Å². The zero-order valence-electron chi connectivity index (χ0n) is 17.6. The second-order valence-corrected chi connectivity index (χ2v) is 7.51. The molecule has 5 nitrogen and oxygen atoms in total. The molecule has 0 aromatic carbocycles. The van der Waals surface area contributed by atoms with Crippen LogP contribution in [-0.4, -0.2) is 46.3 Å². The lowest BCUT2D eigenvalue weighted by Crippen LogP contribution is -2.43. The van der Waals surface area contributed by atoms with Crippen LogP contribution in [0.1, 0.15) is 70.7 Å². The molecular formula is C20H35F3N4O. The molecule has 1 heterocycles. The lowest BCUT2D eigenvalue weighted by molar-refractivity contribution is -0.141. The van der Waals surface area contributed by atoms with Crippen molar-refractivity contribution < 1.29 is 18.0 Å². The minimum absolute atomic E-state index is 0.0753. The molecule has 0 saturated carbocycles. The predicted octanol–water partition coefficient (Wildman–Crippen LogP) is 4.40. The first-order valence-corrected chi connectivity index (χ1v) is 10.3. The normalized spacial score (nSPS) is 13.1. The van der Waals surface area contributed by atoms with Gasteiger partial charge in [0.2, 0.25) is 5.91 Å². The van der Waals surface area contributed by atoms with E-state index in [0.29, 0.717) is 5.69 Å². The van der Waals surface area contributed by atoms with Crippen LogP contribution in [0.15, 0.2) is 6.07 Å². The van der Waals surface area contributed by atoms with Gasteiger partial charge in [0.25, 0.3) is 0 Å². The Morgan fingerprint density at radius 1 is 1.18 bits per heavy atom. The number of hydrogen-bond acceptors (Lipinski definition) is 3. The van der Waals surface area contributed by atoms with Crippen molar-refractivity contribution in [3.8, 4) is 0 Å². The molecule has 0 spiro atoms. The molecule has 1 aromatic rings. The first-order valence-electron chi connectivity index (χ1n) is 10.3. The summed E-state index contributed by atoms with van der Waals surface area (Å²) in [5.41, 5.74) is -0.653. The third-order valence-corrected chi connectivity index (χ3v) is 4.66. The van der Waals surface area contributed by atoms with Crippen LogP contribution in [0.5, 0.6) is 0 Å². The molecule has 162 valence electrons. The van der Waals surface area contributed by atoms with Crippen LogP contribution in [0, 0.1) is 6.92 Å². The molecule has 1 unspecified atom stereocenters. The van der Waals surface area contributed by atoms with E-state index in [-0.39, 0.29) is 18.5 Å².